The summed E-state index contributed by atoms with van der Waals surface area (Å²) in [6, 6.07) is 7.16. The highest BCUT2D eigenvalue weighted by molar-refractivity contribution is 5.99. The molecule has 1 unspecified atom stereocenters. The maximum absolute atomic E-state index is 14.5. The number of hydrogen-bond acceptors (Lipinski definition) is 3. The van der Waals surface area contributed by atoms with E-state index in [1.807, 2.05) is 46.8 Å². The van der Waals surface area contributed by atoms with Gasteiger partial charge in [0.05, 0.1) is 5.70 Å². The first-order valence-electron chi connectivity index (χ1n) is 9.68. The molecule has 0 spiro atoms. The Morgan fingerprint density at radius 1 is 1.23 bits per heavy atom. The number of amidine groups is 1. The highest BCUT2D eigenvalue weighted by Crippen LogP contribution is 2.33. The molecular weight excluding hydrogens is 379 g/mol. The summed E-state index contributed by atoms with van der Waals surface area (Å²) in [6.45, 7) is 24.1. The van der Waals surface area contributed by atoms with Crippen molar-refractivity contribution < 1.29 is 10.6 Å². The van der Waals surface area contributed by atoms with E-state index in [2.05, 4.69) is 42.4 Å². The van der Waals surface area contributed by atoms with Crippen molar-refractivity contribution in [3.63, 3.8) is 0 Å². The Kier molecular flexibility index (Phi) is 18.8. The number of allylic oxidation sites excluding steroid dienone is 1. The van der Waals surface area contributed by atoms with E-state index in [0.717, 1.165) is 11.8 Å². The van der Waals surface area contributed by atoms with Gasteiger partial charge in [0.1, 0.15) is 11.5 Å². The van der Waals surface area contributed by atoms with Gasteiger partial charge in [0.15, 0.2) is 0 Å². The zero-order valence-corrected chi connectivity index (χ0v) is 19.3. The highest BCUT2D eigenvalue weighted by atomic mass is 19.1. The molecule has 0 aromatic heterocycles. The molecule has 0 bridgehead atoms. The number of primary amides is 1. The molecule has 0 aliphatic rings. The van der Waals surface area contributed by atoms with Crippen LogP contribution in [0.15, 0.2) is 79.6 Å². The molecule has 6 heteroatoms. The second-order valence-corrected chi connectivity index (χ2v) is 6.01. The van der Waals surface area contributed by atoms with E-state index < -0.39 is 11.6 Å². The average Bonchev–Trinajstić information content (AvgIpc) is 2.75. The molecule has 1 rings (SSSR count). The molecule has 5 N–H and O–H groups in total. The number of hydrogen-bond donors (Lipinski definition) is 3. The molecule has 0 aliphatic carbocycles. The van der Waals surface area contributed by atoms with Crippen LogP contribution >= 0.6 is 0 Å². The first-order chi connectivity index (χ1) is 14.1. The van der Waals surface area contributed by atoms with Crippen LogP contribution in [0.4, 0.5) is 10.1 Å². The normalized spacial score (nSPS) is 12.1. The van der Waals surface area contributed by atoms with Gasteiger partial charge in [-0.1, -0.05) is 59.1 Å². The lowest BCUT2D eigenvalue weighted by Crippen LogP contribution is -2.22. The number of nitrogens with two attached hydrogens (primary N) is 2. The Labute approximate surface area is 183 Å². The number of carbonyl (C=O) groups is 1. The van der Waals surface area contributed by atoms with Crippen LogP contribution in [0.5, 0.6) is 0 Å². The second kappa shape index (κ2) is 17.9. The van der Waals surface area contributed by atoms with E-state index in [1.54, 1.807) is 31.3 Å². The van der Waals surface area contributed by atoms with Gasteiger partial charge in [0.2, 0.25) is 5.91 Å². The predicted octanol–water partition coefficient (Wildman–Crippen LogP) is 6.08. The van der Waals surface area contributed by atoms with E-state index in [4.69, 9.17) is 5.73 Å². The van der Waals surface area contributed by atoms with Gasteiger partial charge in [-0.3, -0.25) is 4.79 Å². The van der Waals surface area contributed by atoms with Gasteiger partial charge in [-0.2, -0.15) is 0 Å². The van der Waals surface area contributed by atoms with Crippen molar-refractivity contribution in [2.24, 2.45) is 22.4 Å². The number of rotatable bonds is 7. The number of nitrogens with one attached hydrogen (secondary N) is 1. The maximum Gasteiger partial charge on any atom is 0.240 e. The number of anilines is 1. The molecule has 1 aromatic rings. The first kappa shape index (κ1) is 31.5. The molecule has 170 valence electrons. The summed E-state index contributed by atoms with van der Waals surface area (Å²) in [4.78, 5) is 13.5. The quantitative estimate of drug-likeness (QED) is 0.216. The molecule has 0 heterocycles. The molecule has 0 aliphatic heterocycles. The van der Waals surface area contributed by atoms with Crippen LogP contribution in [0.25, 0.3) is 0 Å². The third-order valence-electron chi connectivity index (χ3n) is 3.70. The van der Waals surface area contributed by atoms with Gasteiger partial charge in [-0.15, -0.1) is 13.2 Å². The van der Waals surface area contributed by atoms with E-state index in [-0.39, 0.29) is 7.34 Å². The lowest BCUT2D eigenvalue weighted by Gasteiger charge is -2.25. The molecule has 0 saturated heterocycles. The summed E-state index contributed by atoms with van der Waals surface area (Å²) in [7, 11) is 0. The Bertz CT molecular complexity index is 696. The summed E-state index contributed by atoms with van der Waals surface area (Å²) in [6.07, 6.45) is 4.44. The summed E-state index contributed by atoms with van der Waals surface area (Å²) in [5, 5.41) is 3.05. The topological polar surface area (TPSA) is 93.5 Å². The molecule has 5 nitrogen and oxygen atoms in total. The third kappa shape index (κ3) is 13.1. The van der Waals surface area contributed by atoms with Crippen LogP contribution < -0.4 is 16.8 Å². The summed E-state index contributed by atoms with van der Waals surface area (Å²) < 4.78 is 14.5. The lowest BCUT2D eigenvalue weighted by atomic mass is 9.87. The largest absolute Gasteiger partial charge is 0.382 e. The fraction of sp³-hybridized carbons (Fsp3) is 0.333. The number of aliphatic imine (C=N–C) groups is 1. The lowest BCUT2D eigenvalue weighted by molar-refractivity contribution is -0.113. The van der Waals surface area contributed by atoms with Crippen LogP contribution in [0.2, 0.25) is 0 Å². The smallest absolute Gasteiger partial charge is 0.240 e. The fourth-order valence-corrected chi connectivity index (χ4v) is 1.68. The van der Waals surface area contributed by atoms with Crippen LogP contribution in [-0.4, -0.2) is 11.7 Å². The summed E-state index contributed by atoms with van der Waals surface area (Å²) >= 11 is 0. The minimum Gasteiger partial charge on any atom is -0.382 e. The SMILES string of the molecule is C=C.C=C(Nc1ccc(C(C)(F)C(C)C)cc1)C(N)=N/C=C\C.C=CC(N)=O.CC.[HH]. The predicted molar refractivity (Wildman–Crippen MR) is 133 cm³/mol. The Morgan fingerprint density at radius 3 is 2.00 bits per heavy atom. The Balaban J connectivity index is -0.000000314. The maximum atomic E-state index is 14.5. The first-order valence-corrected chi connectivity index (χ1v) is 9.68. The molecular formula is C24H41FN4O. The van der Waals surface area contributed by atoms with Gasteiger partial charge in [-0.25, -0.2) is 9.38 Å². The van der Waals surface area contributed by atoms with E-state index in [0.29, 0.717) is 17.1 Å². The number of nitrogens with zero attached hydrogens (tertiary/aromatic N) is 1. The number of carbonyl (C=O) groups excluding carboxylic acids is 1. The monoisotopic (exact) mass is 420 g/mol. The van der Waals surface area contributed by atoms with Crippen molar-refractivity contribution >= 4 is 17.4 Å². The Hall–Kier alpha value is -3.15. The van der Waals surface area contributed by atoms with Crippen molar-refractivity contribution in [1.82, 2.24) is 0 Å². The van der Waals surface area contributed by atoms with E-state index >= 15 is 0 Å². The molecule has 0 radical (unpaired) electrons. The zero-order valence-electron chi connectivity index (χ0n) is 19.3. The van der Waals surface area contributed by atoms with Gasteiger partial charge in [0, 0.05) is 13.3 Å². The van der Waals surface area contributed by atoms with Gasteiger partial charge >= 0.3 is 0 Å². The van der Waals surface area contributed by atoms with Crippen molar-refractivity contribution in [2.75, 3.05) is 5.32 Å². The molecule has 1 aromatic carbocycles. The van der Waals surface area contributed by atoms with Crippen LogP contribution in [-0.2, 0) is 10.5 Å². The van der Waals surface area contributed by atoms with Gasteiger partial charge in [-0.05, 0) is 43.5 Å². The zero-order chi connectivity index (χ0) is 24.3. The molecule has 0 fully saturated rings. The number of benzene rings is 1. The highest BCUT2D eigenvalue weighted by Gasteiger charge is 2.29. The Morgan fingerprint density at radius 2 is 1.67 bits per heavy atom. The third-order valence-corrected chi connectivity index (χ3v) is 3.70. The number of alkyl halides is 1. The summed E-state index contributed by atoms with van der Waals surface area (Å²) in [5.41, 5.74) is 10.9. The van der Waals surface area contributed by atoms with Crippen molar-refractivity contribution in [2.45, 2.75) is 47.2 Å². The number of halogens is 1. The van der Waals surface area contributed by atoms with Gasteiger partial charge < -0.3 is 16.8 Å². The van der Waals surface area contributed by atoms with E-state index in [1.165, 1.54) is 0 Å². The van der Waals surface area contributed by atoms with Crippen LogP contribution in [0, 0.1) is 5.92 Å². The van der Waals surface area contributed by atoms with E-state index in [9.17, 15) is 9.18 Å². The molecule has 0 saturated carbocycles. The molecule has 30 heavy (non-hydrogen) atoms. The molecule has 1 atom stereocenters. The van der Waals surface area contributed by atoms with Crippen LogP contribution in [0.3, 0.4) is 0 Å². The summed E-state index contributed by atoms with van der Waals surface area (Å²) in [5.74, 6) is -0.255. The van der Waals surface area contributed by atoms with Gasteiger partial charge in [0.25, 0.3) is 0 Å². The average molecular weight is 421 g/mol. The van der Waals surface area contributed by atoms with Crippen molar-refractivity contribution in [3.8, 4) is 0 Å². The second-order valence-electron chi connectivity index (χ2n) is 6.01. The van der Waals surface area contributed by atoms with Crippen LogP contribution in [0.1, 0.15) is 48.5 Å². The molecule has 1 amide bonds. The fourth-order valence-electron chi connectivity index (χ4n) is 1.68. The minimum absolute atomic E-state index is 0. The number of amides is 1. The minimum atomic E-state index is -1.35. The van der Waals surface area contributed by atoms with Crippen molar-refractivity contribution in [3.05, 3.63) is 80.2 Å². The standard InChI is InChI=1S/C17H24FN3.C3H5NO.C2H6.C2H4.H2/c1-6-11-20-16(19)13(4)21-15-9-7-14(8-10-15)17(5,18)12(2)3;1-2-3(4)5;2*1-2;/h6-12,21H,4H2,1-3,5H3,(H2,19,20);2H,1H2,(H2,4,5);1-2H3;1-2H2;1H/b11-6-;;;;. The van der Waals surface area contributed by atoms with Crippen molar-refractivity contribution in [1.29, 1.82) is 0 Å².